The van der Waals surface area contributed by atoms with E-state index in [1.54, 1.807) is 12.1 Å². The Hall–Kier alpha value is -3.66. The molecule has 0 radical (unpaired) electrons. The highest BCUT2D eigenvalue weighted by Gasteiger charge is 2.33. The number of rotatable bonds is 7. The number of anilines is 2. The standard InChI is InChI=1S/C26H30FN5O3Si/c1-18(33)28-12-21-15-32(26(34)35-21)20-9-10-25(23(27)11-20)30-13-19-14-31(29-24(19)16-30)17-36(2,3)22-7-5-4-6-8-22/h4-11,14,21H,12-13,15-17H2,1-3H3,(H,28,33)/t21-/m0/s1. The first-order valence-electron chi connectivity index (χ1n) is 12.1. The average Bonchev–Trinajstić information content (AvgIpc) is 3.50. The maximum Gasteiger partial charge on any atom is 0.414 e. The summed E-state index contributed by atoms with van der Waals surface area (Å²) in [6, 6.07) is 15.4. The molecule has 1 atom stereocenters. The Morgan fingerprint density at radius 1 is 1.19 bits per heavy atom. The molecular formula is C26H30FN5O3Si. The predicted molar refractivity (Wildman–Crippen MR) is 138 cm³/mol. The molecule has 0 saturated carbocycles. The van der Waals surface area contributed by atoms with Crippen LogP contribution >= 0.6 is 0 Å². The van der Waals surface area contributed by atoms with Crippen LogP contribution in [-0.4, -0.2) is 49.0 Å². The highest BCUT2D eigenvalue weighted by atomic mass is 28.3. The number of cyclic esters (lactones) is 1. The first kappa shape index (κ1) is 24.0. The van der Waals surface area contributed by atoms with Crippen molar-refractivity contribution in [3.63, 3.8) is 0 Å². The summed E-state index contributed by atoms with van der Waals surface area (Å²) in [5.41, 5.74) is 2.99. The van der Waals surface area contributed by atoms with Crippen molar-refractivity contribution in [1.82, 2.24) is 15.1 Å². The number of nitrogens with one attached hydrogen (secondary N) is 1. The molecule has 8 nitrogen and oxygen atoms in total. The monoisotopic (exact) mass is 507 g/mol. The van der Waals surface area contributed by atoms with Crippen LogP contribution in [0.3, 0.4) is 0 Å². The Labute approximate surface area is 210 Å². The maximum atomic E-state index is 15.2. The zero-order valence-corrected chi connectivity index (χ0v) is 21.7. The molecule has 188 valence electrons. The van der Waals surface area contributed by atoms with Gasteiger partial charge in [0.05, 0.1) is 36.7 Å². The molecule has 0 bridgehead atoms. The molecule has 1 N–H and O–H groups in total. The van der Waals surface area contributed by atoms with Crippen LogP contribution < -0.4 is 20.3 Å². The lowest BCUT2D eigenvalue weighted by Crippen LogP contribution is -2.46. The molecule has 0 unspecified atom stereocenters. The van der Waals surface area contributed by atoms with Crippen LogP contribution in [0.25, 0.3) is 0 Å². The second kappa shape index (κ2) is 9.42. The van der Waals surface area contributed by atoms with E-state index in [1.807, 2.05) is 11.0 Å². The number of carbonyl (C=O) groups is 2. The fraction of sp³-hybridized carbons (Fsp3) is 0.346. The topological polar surface area (TPSA) is 79.7 Å². The van der Waals surface area contributed by atoms with Gasteiger partial charge in [-0.3, -0.25) is 14.4 Å². The largest absolute Gasteiger partial charge is 0.442 e. The highest BCUT2D eigenvalue weighted by Crippen LogP contribution is 2.33. The zero-order chi connectivity index (χ0) is 25.4. The first-order valence-corrected chi connectivity index (χ1v) is 15.3. The number of nitrogens with zero attached hydrogens (tertiary/aromatic N) is 4. The van der Waals surface area contributed by atoms with Gasteiger partial charge in [0.25, 0.3) is 0 Å². The van der Waals surface area contributed by atoms with Gasteiger partial charge in [-0.2, -0.15) is 5.10 Å². The van der Waals surface area contributed by atoms with Gasteiger partial charge in [0.2, 0.25) is 5.91 Å². The van der Waals surface area contributed by atoms with Crippen molar-refractivity contribution >= 4 is 36.6 Å². The van der Waals surface area contributed by atoms with E-state index < -0.39 is 26.1 Å². The third kappa shape index (κ3) is 4.85. The van der Waals surface area contributed by atoms with Crippen molar-refractivity contribution in [2.45, 2.75) is 45.4 Å². The van der Waals surface area contributed by atoms with Crippen molar-refractivity contribution in [2.75, 3.05) is 22.9 Å². The molecule has 1 saturated heterocycles. The molecule has 5 rings (SSSR count). The van der Waals surface area contributed by atoms with Gasteiger partial charge in [-0.1, -0.05) is 48.6 Å². The second-order valence-corrected chi connectivity index (χ2v) is 14.8. The molecule has 0 spiro atoms. The lowest BCUT2D eigenvalue weighted by atomic mass is 10.2. The lowest BCUT2D eigenvalue weighted by molar-refractivity contribution is -0.119. The number of halogens is 1. The fourth-order valence-corrected chi connectivity index (χ4v) is 7.11. The van der Waals surface area contributed by atoms with E-state index in [-0.39, 0.29) is 19.0 Å². The Balaban J connectivity index is 1.24. The average molecular weight is 508 g/mol. The van der Waals surface area contributed by atoms with Gasteiger partial charge in [0, 0.05) is 31.4 Å². The second-order valence-electron chi connectivity index (χ2n) is 10.1. The van der Waals surface area contributed by atoms with E-state index in [0.29, 0.717) is 24.5 Å². The summed E-state index contributed by atoms with van der Waals surface area (Å²) in [4.78, 5) is 26.7. The van der Waals surface area contributed by atoms with Crippen molar-refractivity contribution in [3.05, 3.63) is 71.8 Å². The number of carbonyl (C=O) groups excluding carboxylic acids is 2. The molecule has 0 aliphatic carbocycles. The highest BCUT2D eigenvalue weighted by molar-refractivity contribution is 6.88. The van der Waals surface area contributed by atoms with Crippen molar-refractivity contribution in [2.24, 2.45) is 0 Å². The van der Waals surface area contributed by atoms with E-state index in [4.69, 9.17) is 9.84 Å². The molecule has 1 fully saturated rings. The van der Waals surface area contributed by atoms with Crippen LogP contribution in [-0.2, 0) is 28.8 Å². The van der Waals surface area contributed by atoms with Crippen LogP contribution in [0, 0.1) is 5.82 Å². The smallest absolute Gasteiger partial charge is 0.414 e. The fourth-order valence-electron chi connectivity index (χ4n) is 4.86. The summed E-state index contributed by atoms with van der Waals surface area (Å²) in [6.45, 7) is 7.70. The Bertz CT molecular complexity index is 1270. The molecule has 3 aromatic rings. The Morgan fingerprint density at radius 2 is 1.97 bits per heavy atom. The Morgan fingerprint density at radius 3 is 2.67 bits per heavy atom. The molecule has 1 aromatic heterocycles. The van der Waals surface area contributed by atoms with Crippen LogP contribution in [0.1, 0.15) is 18.2 Å². The number of benzene rings is 2. The summed E-state index contributed by atoms with van der Waals surface area (Å²) in [5.74, 6) is -0.596. The molecule has 2 aliphatic rings. The summed E-state index contributed by atoms with van der Waals surface area (Å²) in [6.07, 6.45) is 1.97. The molecule has 2 aliphatic heterocycles. The maximum absolute atomic E-state index is 15.2. The van der Waals surface area contributed by atoms with Crippen LogP contribution in [0.15, 0.2) is 54.7 Å². The van der Waals surface area contributed by atoms with Gasteiger partial charge in [0.15, 0.2) is 0 Å². The SMILES string of the molecule is CC(=O)NC[C@H]1CN(c2ccc(N3Cc4cn(C[Si](C)(C)c5ccccc5)nc4C3)c(F)c2)C(=O)O1. The molecule has 2 aromatic carbocycles. The van der Waals surface area contributed by atoms with Gasteiger partial charge < -0.3 is 15.0 Å². The minimum atomic E-state index is -1.69. The molecule has 10 heteroatoms. The quantitative estimate of drug-likeness (QED) is 0.497. The summed E-state index contributed by atoms with van der Waals surface area (Å²) >= 11 is 0. The lowest BCUT2D eigenvalue weighted by Gasteiger charge is -2.23. The van der Waals surface area contributed by atoms with E-state index in [0.717, 1.165) is 17.4 Å². The number of ether oxygens (including phenoxy) is 1. The van der Waals surface area contributed by atoms with Gasteiger partial charge in [-0.25, -0.2) is 9.18 Å². The van der Waals surface area contributed by atoms with Crippen molar-refractivity contribution < 1.29 is 18.7 Å². The number of hydrogen-bond acceptors (Lipinski definition) is 5. The number of amides is 2. The molecule has 2 amide bonds. The van der Waals surface area contributed by atoms with Gasteiger partial charge in [-0.15, -0.1) is 0 Å². The number of hydrogen-bond donors (Lipinski definition) is 1. The first-order chi connectivity index (χ1) is 17.2. The summed E-state index contributed by atoms with van der Waals surface area (Å²) in [7, 11) is -1.69. The minimum absolute atomic E-state index is 0.194. The third-order valence-electron chi connectivity index (χ3n) is 6.78. The van der Waals surface area contributed by atoms with Crippen LogP contribution in [0.5, 0.6) is 0 Å². The number of aromatic nitrogens is 2. The van der Waals surface area contributed by atoms with Crippen molar-refractivity contribution in [1.29, 1.82) is 0 Å². The van der Waals surface area contributed by atoms with E-state index in [1.165, 1.54) is 23.1 Å². The van der Waals surface area contributed by atoms with Gasteiger partial charge >= 0.3 is 6.09 Å². The Kier molecular flexibility index (Phi) is 6.29. The van der Waals surface area contributed by atoms with E-state index in [2.05, 4.69) is 53.6 Å². The summed E-state index contributed by atoms with van der Waals surface area (Å²) < 4.78 is 22.5. The number of fused-ring (bicyclic) bond motifs is 1. The normalized spacial score (nSPS) is 17.3. The molecular weight excluding hydrogens is 477 g/mol. The van der Waals surface area contributed by atoms with Crippen molar-refractivity contribution in [3.8, 4) is 0 Å². The molecule has 36 heavy (non-hydrogen) atoms. The van der Waals surface area contributed by atoms with Gasteiger partial charge in [-0.05, 0) is 18.2 Å². The van der Waals surface area contributed by atoms with Crippen LogP contribution in [0.4, 0.5) is 20.6 Å². The summed E-state index contributed by atoms with van der Waals surface area (Å²) in [5, 5.41) is 8.86. The minimum Gasteiger partial charge on any atom is -0.442 e. The molecule has 3 heterocycles. The third-order valence-corrected chi connectivity index (χ3v) is 9.79. The van der Waals surface area contributed by atoms with E-state index in [9.17, 15) is 9.59 Å². The van der Waals surface area contributed by atoms with Crippen LogP contribution in [0.2, 0.25) is 13.1 Å². The zero-order valence-electron chi connectivity index (χ0n) is 20.7. The van der Waals surface area contributed by atoms with E-state index >= 15 is 4.39 Å². The predicted octanol–water partition coefficient (Wildman–Crippen LogP) is 3.16. The van der Waals surface area contributed by atoms with Gasteiger partial charge in [0.1, 0.15) is 20.0 Å².